The van der Waals surface area contributed by atoms with Crippen LogP contribution < -0.4 is 18.9 Å². The van der Waals surface area contributed by atoms with Gasteiger partial charge in [0.15, 0.2) is 11.5 Å². The van der Waals surface area contributed by atoms with Crippen molar-refractivity contribution in [3.05, 3.63) is 82.0 Å². The second kappa shape index (κ2) is 10.2. The molecule has 9 nitrogen and oxygen atoms in total. The minimum absolute atomic E-state index is 0.00612. The Labute approximate surface area is 224 Å². The molecule has 0 bridgehead atoms. The third-order valence-electron chi connectivity index (χ3n) is 6.59. The van der Waals surface area contributed by atoms with E-state index in [1.165, 1.54) is 27.4 Å². The maximum Gasteiger partial charge on any atom is 0.273 e. The Morgan fingerprint density at radius 2 is 1.63 bits per heavy atom. The summed E-state index contributed by atoms with van der Waals surface area (Å²) in [6, 6.07) is 15.2. The number of carbonyl (C=O) groups is 1. The van der Waals surface area contributed by atoms with Crippen molar-refractivity contribution in [1.82, 2.24) is 15.1 Å². The molecule has 1 aliphatic rings. The number of ether oxygens (including phenoxy) is 4. The first-order valence-corrected chi connectivity index (χ1v) is 12.1. The van der Waals surface area contributed by atoms with Gasteiger partial charge in [-0.25, -0.2) is 0 Å². The highest BCUT2D eigenvalue weighted by Crippen LogP contribution is 2.48. The molecule has 0 aliphatic carbocycles. The number of rotatable bonds is 8. The van der Waals surface area contributed by atoms with Crippen molar-refractivity contribution in [1.29, 1.82) is 0 Å². The van der Waals surface area contributed by atoms with Crippen molar-refractivity contribution in [2.24, 2.45) is 0 Å². The smallest absolute Gasteiger partial charge is 0.273 e. The molecule has 10 heteroatoms. The summed E-state index contributed by atoms with van der Waals surface area (Å²) in [4.78, 5) is 15.5. The fourth-order valence-corrected chi connectivity index (χ4v) is 4.97. The number of aromatic hydroxyl groups is 1. The van der Waals surface area contributed by atoms with Crippen LogP contribution in [0.1, 0.15) is 33.2 Å². The average Bonchev–Trinajstić information content (AvgIpc) is 3.48. The third kappa shape index (κ3) is 4.24. The molecule has 2 N–H and O–H groups in total. The van der Waals surface area contributed by atoms with E-state index in [4.69, 9.17) is 30.5 Å². The number of phenols is 1. The van der Waals surface area contributed by atoms with Crippen molar-refractivity contribution >= 4 is 17.5 Å². The predicted octanol–water partition coefficient (Wildman–Crippen LogP) is 5.22. The van der Waals surface area contributed by atoms with Crippen LogP contribution in [0.2, 0.25) is 5.02 Å². The molecule has 1 unspecified atom stereocenters. The van der Waals surface area contributed by atoms with Crippen molar-refractivity contribution in [2.45, 2.75) is 12.6 Å². The number of hydrogen-bond acceptors (Lipinski definition) is 7. The molecule has 1 atom stereocenters. The number of aromatic nitrogens is 2. The minimum atomic E-state index is -0.597. The summed E-state index contributed by atoms with van der Waals surface area (Å²) in [7, 11) is 6.21. The number of benzene rings is 3. The molecule has 0 saturated carbocycles. The van der Waals surface area contributed by atoms with E-state index in [1.807, 2.05) is 36.4 Å². The van der Waals surface area contributed by atoms with Gasteiger partial charge in [0.2, 0.25) is 5.75 Å². The molecule has 3 aromatic carbocycles. The van der Waals surface area contributed by atoms with Crippen LogP contribution in [0.4, 0.5) is 0 Å². The summed E-state index contributed by atoms with van der Waals surface area (Å²) < 4.78 is 22.0. The topological polar surface area (TPSA) is 106 Å². The second-order valence-electron chi connectivity index (χ2n) is 8.66. The lowest BCUT2D eigenvalue weighted by molar-refractivity contribution is 0.0729. The molecule has 38 heavy (non-hydrogen) atoms. The Balaban J connectivity index is 1.70. The quantitative estimate of drug-likeness (QED) is 0.319. The van der Waals surface area contributed by atoms with Gasteiger partial charge in [0, 0.05) is 22.7 Å². The van der Waals surface area contributed by atoms with Crippen LogP contribution in [0.25, 0.3) is 11.3 Å². The molecule has 5 rings (SSSR count). The standard InChI is InChI=1S/C28H26ClN3O6/c1-35-18-8-5-15(6-9-18)14-32-26(16-11-21(36-2)27(38-4)22(12-16)37-3)23-24(30-31-25(23)28(32)34)19-13-17(29)7-10-20(19)33/h5-13,26,33H,14H2,1-4H3,(H,30,31). The van der Waals surface area contributed by atoms with Gasteiger partial charge < -0.3 is 29.0 Å². The number of fused-ring (bicyclic) bond motifs is 1. The Kier molecular flexibility index (Phi) is 6.77. The Bertz CT molecular complexity index is 1480. The number of amides is 1. The van der Waals surface area contributed by atoms with Crippen molar-refractivity contribution in [3.8, 4) is 40.0 Å². The van der Waals surface area contributed by atoms with E-state index in [1.54, 1.807) is 24.1 Å². The largest absolute Gasteiger partial charge is 0.507 e. The van der Waals surface area contributed by atoms with E-state index in [0.29, 0.717) is 56.9 Å². The van der Waals surface area contributed by atoms with Gasteiger partial charge in [-0.3, -0.25) is 9.89 Å². The Hall–Kier alpha value is -4.37. The second-order valence-corrected chi connectivity index (χ2v) is 9.10. The number of nitrogens with one attached hydrogen (secondary N) is 1. The predicted molar refractivity (Wildman–Crippen MR) is 142 cm³/mol. The van der Waals surface area contributed by atoms with Gasteiger partial charge in [0.05, 0.1) is 34.5 Å². The average molecular weight is 536 g/mol. The van der Waals surface area contributed by atoms with Gasteiger partial charge >= 0.3 is 0 Å². The normalized spacial score (nSPS) is 14.4. The molecule has 0 spiro atoms. The Morgan fingerprint density at radius 3 is 2.24 bits per heavy atom. The first-order chi connectivity index (χ1) is 18.4. The summed E-state index contributed by atoms with van der Waals surface area (Å²) in [5.74, 6) is 1.80. The van der Waals surface area contributed by atoms with Crippen LogP contribution in [0.15, 0.2) is 54.6 Å². The number of H-pyrrole nitrogens is 1. The molecular formula is C28H26ClN3O6. The van der Waals surface area contributed by atoms with E-state index in [2.05, 4.69) is 10.2 Å². The highest BCUT2D eigenvalue weighted by Gasteiger charge is 2.43. The molecule has 1 aromatic heterocycles. The van der Waals surface area contributed by atoms with Gasteiger partial charge in [0.25, 0.3) is 5.91 Å². The number of carbonyl (C=O) groups excluding carboxylic acids is 1. The SMILES string of the molecule is COc1ccc(CN2C(=O)c3[nH]nc(-c4cc(Cl)ccc4O)c3C2c2cc(OC)c(OC)c(OC)c2)cc1. The first kappa shape index (κ1) is 25.3. The lowest BCUT2D eigenvalue weighted by Crippen LogP contribution is -2.29. The number of phenolic OH excluding ortho intramolecular Hbond substituents is 1. The number of aromatic amines is 1. The molecular weight excluding hydrogens is 510 g/mol. The van der Waals surface area contributed by atoms with Crippen LogP contribution in [0.3, 0.4) is 0 Å². The van der Waals surface area contributed by atoms with Gasteiger partial charge in [-0.2, -0.15) is 5.10 Å². The third-order valence-corrected chi connectivity index (χ3v) is 6.83. The lowest BCUT2D eigenvalue weighted by atomic mass is 9.95. The zero-order valence-corrected chi connectivity index (χ0v) is 22.0. The zero-order valence-electron chi connectivity index (χ0n) is 21.2. The van der Waals surface area contributed by atoms with Gasteiger partial charge in [0.1, 0.15) is 22.9 Å². The van der Waals surface area contributed by atoms with E-state index < -0.39 is 6.04 Å². The zero-order chi connectivity index (χ0) is 27.0. The van der Waals surface area contributed by atoms with E-state index in [-0.39, 0.29) is 11.7 Å². The fraction of sp³-hybridized carbons (Fsp3) is 0.214. The van der Waals surface area contributed by atoms with Crippen LogP contribution in [-0.4, -0.2) is 54.6 Å². The van der Waals surface area contributed by atoms with E-state index in [0.717, 1.165) is 11.3 Å². The molecule has 4 aromatic rings. The summed E-state index contributed by atoms with van der Waals surface area (Å²) in [6.07, 6.45) is 0. The minimum Gasteiger partial charge on any atom is -0.507 e. The molecule has 1 aliphatic heterocycles. The maximum absolute atomic E-state index is 13.8. The highest BCUT2D eigenvalue weighted by molar-refractivity contribution is 6.31. The molecule has 0 saturated heterocycles. The molecule has 0 fully saturated rings. The van der Waals surface area contributed by atoms with E-state index in [9.17, 15) is 9.90 Å². The molecule has 1 amide bonds. The number of halogens is 1. The van der Waals surface area contributed by atoms with Crippen LogP contribution >= 0.6 is 11.6 Å². The summed E-state index contributed by atoms with van der Waals surface area (Å²) in [6.45, 7) is 0.299. The van der Waals surface area contributed by atoms with Crippen LogP contribution in [0.5, 0.6) is 28.7 Å². The van der Waals surface area contributed by atoms with Gasteiger partial charge in [-0.15, -0.1) is 0 Å². The summed E-state index contributed by atoms with van der Waals surface area (Å²) in [5.41, 5.74) is 3.38. The van der Waals surface area contributed by atoms with Gasteiger partial charge in [-0.1, -0.05) is 23.7 Å². The summed E-state index contributed by atoms with van der Waals surface area (Å²) in [5, 5.41) is 18.4. The van der Waals surface area contributed by atoms with Crippen molar-refractivity contribution in [2.75, 3.05) is 28.4 Å². The summed E-state index contributed by atoms with van der Waals surface area (Å²) >= 11 is 6.26. The van der Waals surface area contributed by atoms with Crippen molar-refractivity contribution in [3.63, 3.8) is 0 Å². The maximum atomic E-state index is 13.8. The lowest BCUT2D eigenvalue weighted by Gasteiger charge is -2.27. The number of methoxy groups -OCH3 is 4. The monoisotopic (exact) mass is 535 g/mol. The first-order valence-electron chi connectivity index (χ1n) is 11.7. The van der Waals surface area contributed by atoms with Crippen molar-refractivity contribution < 1.29 is 28.8 Å². The van der Waals surface area contributed by atoms with Gasteiger partial charge in [-0.05, 0) is 53.6 Å². The number of hydrogen-bond donors (Lipinski definition) is 2. The Morgan fingerprint density at radius 1 is 0.947 bits per heavy atom. The highest BCUT2D eigenvalue weighted by atomic mass is 35.5. The molecule has 196 valence electrons. The number of nitrogens with zero attached hydrogens (tertiary/aromatic N) is 2. The molecule has 0 radical (unpaired) electrons. The van der Waals surface area contributed by atoms with Crippen LogP contribution in [0, 0.1) is 0 Å². The molecule has 2 heterocycles. The van der Waals surface area contributed by atoms with Crippen LogP contribution in [-0.2, 0) is 6.54 Å². The van der Waals surface area contributed by atoms with E-state index >= 15 is 0 Å². The fourth-order valence-electron chi connectivity index (χ4n) is 4.80.